The van der Waals surface area contributed by atoms with Gasteiger partial charge in [0.2, 0.25) is 11.8 Å². The van der Waals surface area contributed by atoms with Crippen LogP contribution >= 0.6 is 0 Å². The Labute approximate surface area is 169 Å². The highest BCUT2D eigenvalue weighted by Gasteiger charge is 2.66. The van der Waals surface area contributed by atoms with Gasteiger partial charge in [-0.1, -0.05) is 18.2 Å². The number of carbonyl (C=O) groups is 2. The lowest BCUT2D eigenvalue weighted by atomic mass is 9.92. The number of carbonyl (C=O) groups excluding carboxylic acids is 2. The number of rotatable bonds is 5. The van der Waals surface area contributed by atoms with Crippen molar-refractivity contribution >= 4 is 17.5 Å². The zero-order valence-corrected chi connectivity index (χ0v) is 16.1. The second-order valence-electron chi connectivity index (χ2n) is 8.19. The van der Waals surface area contributed by atoms with Gasteiger partial charge < -0.3 is 14.5 Å². The van der Waals surface area contributed by atoms with Crippen molar-refractivity contribution in [3.63, 3.8) is 0 Å². The maximum Gasteiger partial charge on any atom is 0.242 e. The van der Waals surface area contributed by atoms with Crippen LogP contribution in [0, 0.1) is 11.2 Å². The number of fused-ring (bicyclic) bond motifs is 3. The minimum absolute atomic E-state index is 0.000596. The Balaban J connectivity index is 1.39. The molecule has 0 N–H and O–H groups in total. The fourth-order valence-corrected chi connectivity index (χ4v) is 4.68. The predicted molar refractivity (Wildman–Crippen MR) is 106 cm³/mol. The summed E-state index contributed by atoms with van der Waals surface area (Å²) in [4.78, 5) is 29.8. The number of hydrogen-bond donors (Lipinski definition) is 0. The van der Waals surface area contributed by atoms with E-state index in [0.29, 0.717) is 12.2 Å². The molecule has 0 spiro atoms. The molecule has 3 aliphatic rings. The van der Waals surface area contributed by atoms with Crippen LogP contribution in [0.3, 0.4) is 0 Å². The van der Waals surface area contributed by atoms with E-state index in [2.05, 4.69) is 0 Å². The Morgan fingerprint density at radius 2 is 1.83 bits per heavy atom. The summed E-state index contributed by atoms with van der Waals surface area (Å²) in [6.45, 7) is 1.83. The van der Waals surface area contributed by atoms with E-state index < -0.39 is 5.41 Å². The summed E-state index contributed by atoms with van der Waals surface area (Å²) >= 11 is 0. The molecule has 150 valence electrons. The maximum atomic E-state index is 13.5. The first-order valence-corrected chi connectivity index (χ1v) is 10.2. The molecule has 1 saturated carbocycles. The van der Waals surface area contributed by atoms with Gasteiger partial charge in [0, 0.05) is 24.7 Å². The lowest BCUT2D eigenvalue weighted by molar-refractivity contribution is -0.132. The van der Waals surface area contributed by atoms with Gasteiger partial charge in [-0.2, -0.15) is 0 Å². The van der Waals surface area contributed by atoms with Crippen LogP contribution in [0.5, 0.6) is 5.75 Å². The molecule has 1 aliphatic carbocycles. The van der Waals surface area contributed by atoms with Crippen molar-refractivity contribution in [2.75, 3.05) is 31.1 Å². The number of ether oxygens (including phenoxy) is 1. The van der Waals surface area contributed by atoms with E-state index in [1.807, 2.05) is 29.2 Å². The van der Waals surface area contributed by atoms with E-state index in [1.165, 1.54) is 12.1 Å². The summed E-state index contributed by atoms with van der Waals surface area (Å²) in [7, 11) is 0. The third kappa shape index (κ3) is 3.07. The van der Waals surface area contributed by atoms with E-state index in [9.17, 15) is 14.0 Å². The first kappa shape index (κ1) is 18.2. The average Bonchev–Trinajstić information content (AvgIpc) is 3.23. The topological polar surface area (TPSA) is 49.9 Å². The standard InChI is InChI=1S/C23H23FN2O3/c24-16-7-9-17(10-8-16)29-15-23-13-19(23)18-5-1-2-6-20(18)26(22(23)28)14-21(27)25-11-3-4-12-25/h1-2,5-10,19H,3-4,11-15H2/t19-,23+/m0/s1. The molecule has 0 aromatic heterocycles. The van der Waals surface area contributed by atoms with Gasteiger partial charge in [0.05, 0.1) is 5.41 Å². The number of likely N-dealkylation sites (tertiary alicyclic amines) is 1. The molecule has 0 unspecified atom stereocenters. The van der Waals surface area contributed by atoms with Gasteiger partial charge in [-0.25, -0.2) is 4.39 Å². The highest BCUT2D eigenvalue weighted by molar-refractivity contribution is 6.07. The van der Waals surface area contributed by atoms with Crippen LogP contribution in [0.1, 0.15) is 30.7 Å². The van der Waals surface area contributed by atoms with E-state index in [0.717, 1.165) is 37.2 Å². The number of halogens is 1. The summed E-state index contributed by atoms with van der Waals surface area (Å²) in [5, 5.41) is 0. The number of benzene rings is 2. The van der Waals surface area contributed by atoms with Gasteiger partial charge in [0.1, 0.15) is 24.7 Å². The van der Waals surface area contributed by atoms with Crippen LogP contribution in [0.25, 0.3) is 0 Å². The average molecular weight is 394 g/mol. The van der Waals surface area contributed by atoms with Crippen LogP contribution in [-0.4, -0.2) is 43.0 Å². The molecular formula is C23H23FN2O3. The monoisotopic (exact) mass is 394 g/mol. The van der Waals surface area contributed by atoms with Gasteiger partial charge in [-0.3, -0.25) is 9.59 Å². The van der Waals surface area contributed by atoms with Gasteiger partial charge in [0.25, 0.3) is 0 Å². The van der Waals surface area contributed by atoms with Crippen molar-refractivity contribution in [3.05, 3.63) is 59.9 Å². The maximum absolute atomic E-state index is 13.5. The molecular weight excluding hydrogens is 371 g/mol. The summed E-state index contributed by atoms with van der Waals surface area (Å²) in [6, 6.07) is 13.7. The van der Waals surface area contributed by atoms with E-state index in [4.69, 9.17) is 4.74 Å². The van der Waals surface area contributed by atoms with Gasteiger partial charge in [0.15, 0.2) is 0 Å². The van der Waals surface area contributed by atoms with E-state index in [-0.39, 0.29) is 36.7 Å². The van der Waals surface area contributed by atoms with Crippen molar-refractivity contribution in [1.29, 1.82) is 0 Å². The van der Waals surface area contributed by atoms with Crippen molar-refractivity contribution < 1.29 is 18.7 Å². The second kappa shape index (κ2) is 6.87. The van der Waals surface area contributed by atoms with Crippen LogP contribution in [0.2, 0.25) is 0 Å². The molecule has 2 amide bonds. The smallest absolute Gasteiger partial charge is 0.242 e. The summed E-state index contributed by atoms with van der Waals surface area (Å²) in [5.74, 6) is 0.270. The largest absolute Gasteiger partial charge is 0.492 e. The molecule has 2 aromatic rings. The molecule has 2 atom stereocenters. The van der Waals surface area contributed by atoms with E-state index >= 15 is 0 Å². The zero-order valence-electron chi connectivity index (χ0n) is 16.1. The molecule has 2 heterocycles. The Kier molecular flexibility index (Phi) is 4.30. The molecule has 0 radical (unpaired) electrons. The highest BCUT2D eigenvalue weighted by atomic mass is 19.1. The van der Waals surface area contributed by atoms with Gasteiger partial charge in [-0.15, -0.1) is 0 Å². The van der Waals surface area contributed by atoms with Gasteiger partial charge in [-0.05, 0) is 55.2 Å². The predicted octanol–water partition coefficient (Wildman–Crippen LogP) is 3.35. The lowest BCUT2D eigenvalue weighted by Gasteiger charge is -2.34. The third-order valence-electron chi connectivity index (χ3n) is 6.41. The molecule has 1 saturated heterocycles. The molecule has 2 aromatic carbocycles. The molecule has 29 heavy (non-hydrogen) atoms. The summed E-state index contributed by atoms with van der Waals surface area (Å²) in [6.07, 6.45) is 2.75. The normalized spacial score (nSPS) is 24.9. The fraction of sp³-hybridized carbons (Fsp3) is 0.391. The lowest BCUT2D eigenvalue weighted by Crippen LogP contribution is -2.48. The first-order chi connectivity index (χ1) is 14.1. The molecule has 6 heteroatoms. The number of nitrogens with zero attached hydrogens (tertiary/aromatic N) is 2. The summed E-state index contributed by atoms with van der Waals surface area (Å²) < 4.78 is 19.0. The molecule has 2 aliphatic heterocycles. The second-order valence-corrected chi connectivity index (χ2v) is 8.19. The Morgan fingerprint density at radius 3 is 2.59 bits per heavy atom. The highest BCUT2D eigenvalue weighted by Crippen LogP contribution is 2.65. The number of amides is 2. The van der Waals surface area contributed by atoms with Crippen LogP contribution in [-0.2, 0) is 9.59 Å². The SMILES string of the molecule is O=C(CN1C(=O)[C@@]2(COc3ccc(F)cc3)C[C@H]2c2ccccc21)N1CCCC1. The molecule has 2 fully saturated rings. The zero-order chi connectivity index (χ0) is 20.0. The Morgan fingerprint density at radius 1 is 1.10 bits per heavy atom. The van der Waals surface area contributed by atoms with Crippen LogP contribution in [0.4, 0.5) is 10.1 Å². The minimum atomic E-state index is -0.645. The van der Waals surface area contributed by atoms with Crippen LogP contribution < -0.4 is 9.64 Å². The minimum Gasteiger partial charge on any atom is -0.492 e. The summed E-state index contributed by atoms with van der Waals surface area (Å²) in [5.41, 5.74) is 1.29. The first-order valence-electron chi connectivity index (χ1n) is 10.2. The molecule has 5 nitrogen and oxygen atoms in total. The van der Waals surface area contributed by atoms with Crippen molar-refractivity contribution in [2.45, 2.75) is 25.2 Å². The number of hydrogen-bond acceptors (Lipinski definition) is 3. The number of anilines is 1. The Bertz CT molecular complexity index is 955. The molecule has 0 bridgehead atoms. The van der Waals surface area contributed by atoms with Crippen molar-refractivity contribution in [3.8, 4) is 5.75 Å². The molecule has 5 rings (SSSR count). The number of para-hydroxylation sites is 1. The van der Waals surface area contributed by atoms with Gasteiger partial charge >= 0.3 is 0 Å². The van der Waals surface area contributed by atoms with Crippen molar-refractivity contribution in [2.24, 2.45) is 5.41 Å². The van der Waals surface area contributed by atoms with Crippen LogP contribution in [0.15, 0.2) is 48.5 Å². The fourth-order valence-electron chi connectivity index (χ4n) is 4.68. The third-order valence-corrected chi connectivity index (χ3v) is 6.41. The Hall–Kier alpha value is -2.89. The quantitative estimate of drug-likeness (QED) is 0.782. The van der Waals surface area contributed by atoms with E-state index in [1.54, 1.807) is 17.0 Å². The van der Waals surface area contributed by atoms with Crippen molar-refractivity contribution in [1.82, 2.24) is 4.90 Å².